The van der Waals surface area contributed by atoms with Gasteiger partial charge >= 0.3 is 0 Å². The Morgan fingerprint density at radius 2 is 1.52 bits per heavy atom. The standard InChI is InChI=1S/C23H25NO/c1-5-18-13-10-14-19(6-2)23(18)24-16(3)21(17(4)25)15-22(24)20-11-8-7-9-12-20/h7-15H,5-6H2,1-4H3. The third-order valence-electron chi connectivity index (χ3n) is 4.88. The average Bonchev–Trinajstić information content (AvgIpc) is 2.98. The van der Waals surface area contributed by atoms with Crippen molar-refractivity contribution < 1.29 is 4.79 Å². The summed E-state index contributed by atoms with van der Waals surface area (Å²) in [6, 6.07) is 18.9. The highest BCUT2D eigenvalue weighted by Crippen LogP contribution is 2.33. The molecule has 2 nitrogen and oxygen atoms in total. The zero-order chi connectivity index (χ0) is 18.0. The summed E-state index contributed by atoms with van der Waals surface area (Å²) in [5.74, 6) is 0.112. The first-order chi connectivity index (χ1) is 12.1. The predicted molar refractivity (Wildman–Crippen MR) is 105 cm³/mol. The zero-order valence-corrected chi connectivity index (χ0v) is 15.5. The van der Waals surface area contributed by atoms with Crippen LogP contribution in [0.2, 0.25) is 0 Å². The number of carbonyl (C=O) groups excluding carboxylic acids is 1. The molecule has 128 valence electrons. The Labute approximate surface area is 150 Å². The molecule has 0 saturated carbocycles. The van der Waals surface area contributed by atoms with Crippen molar-refractivity contribution in [1.29, 1.82) is 0 Å². The van der Waals surface area contributed by atoms with Crippen LogP contribution >= 0.6 is 0 Å². The third kappa shape index (κ3) is 3.05. The van der Waals surface area contributed by atoms with Gasteiger partial charge in [0.2, 0.25) is 0 Å². The van der Waals surface area contributed by atoms with Gasteiger partial charge in [-0.3, -0.25) is 4.79 Å². The second-order valence-corrected chi connectivity index (χ2v) is 6.42. The van der Waals surface area contributed by atoms with E-state index >= 15 is 0 Å². The molecule has 0 atom stereocenters. The maximum absolute atomic E-state index is 12.2. The Bertz CT molecular complexity index is 881. The second-order valence-electron chi connectivity index (χ2n) is 6.42. The normalized spacial score (nSPS) is 10.9. The number of aryl methyl sites for hydroxylation is 2. The van der Waals surface area contributed by atoms with Crippen LogP contribution in [0.3, 0.4) is 0 Å². The fraction of sp³-hybridized carbons (Fsp3) is 0.261. The fourth-order valence-corrected chi connectivity index (χ4v) is 3.58. The minimum absolute atomic E-state index is 0.112. The first-order valence-electron chi connectivity index (χ1n) is 8.98. The molecule has 2 heteroatoms. The number of hydrogen-bond acceptors (Lipinski definition) is 1. The van der Waals surface area contributed by atoms with Crippen molar-refractivity contribution in [2.45, 2.75) is 40.5 Å². The van der Waals surface area contributed by atoms with Crippen LogP contribution < -0.4 is 0 Å². The molecule has 0 bridgehead atoms. The summed E-state index contributed by atoms with van der Waals surface area (Å²) in [4.78, 5) is 12.2. The van der Waals surface area contributed by atoms with Gasteiger partial charge in [0.1, 0.15) is 0 Å². The van der Waals surface area contributed by atoms with Crippen molar-refractivity contribution in [1.82, 2.24) is 4.57 Å². The maximum Gasteiger partial charge on any atom is 0.161 e. The smallest absolute Gasteiger partial charge is 0.161 e. The highest BCUT2D eigenvalue weighted by molar-refractivity contribution is 5.97. The van der Waals surface area contributed by atoms with Crippen LogP contribution in [0.5, 0.6) is 0 Å². The number of aromatic nitrogens is 1. The summed E-state index contributed by atoms with van der Waals surface area (Å²) < 4.78 is 2.28. The number of para-hydroxylation sites is 1. The van der Waals surface area contributed by atoms with Crippen LogP contribution in [0.15, 0.2) is 54.6 Å². The molecule has 3 aromatic rings. The summed E-state index contributed by atoms with van der Waals surface area (Å²) in [6.07, 6.45) is 1.93. The van der Waals surface area contributed by atoms with Crippen LogP contribution in [-0.2, 0) is 12.8 Å². The fourth-order valence-electron chi connectivity index (χ4n) is 3.58. The lowest BCUT2D eigenvalue weighted by Gasteiger charge is -2.19. The monoisotopic (exact) mass is 331 g/mol. The van der Waals surface area contributed by atoms with Crippen molar-refractivity contribution in [3.8, 4) is 16.9 Å². The van der Waals surface area contributed by atoms with Crippen molar-refractivity contribution in [3.63, 3.8) is 0 Å². The molecule has 0 saturated heterocycles. The van der Waals surface area contributed by atoms with E-state index in [4.69, 9.17) is 0 Å². The summed E-state index contributed by atoms with van der Waals surface area (Å²) >= 11 is 0. The Hall–Kier alpha value is -2.61. The minimum atomic E-state index is 0.112. The SMILES string of the molecule is CCc1cccc(CC)c1-n1c(-c2ccccc2)cc(C(C)=O)c1C. The zero-order valence-electron chi connectivity index (χ0n) is 15.5. The molecule has 25 heavy (non-hydrogen) atoms. The molecule has 2 aromatic carbocycles. The lowest BCUT2D eigenvalue weighted by molar-refractivity contribution is 0.101. The van der Waals surface area contributed by atoms with Gasteiger partial charge in [-0.2, -0.15) is 0 Å². The molecule has 1 aromatic heterocycles. The quantitative estimate of drug-likeness (QED) is 0.543. The van der Waals surface area contributed by atoms with Gasteiger partial charge in [0.15, 0.2) is 5.78 Å². The summed E-state index contributed by atoms with van der Waals surface area (Å²) in [5.41, 5.74) is 7.88. The molecular formula is C23H25NO. The van der Waals surface area contributed by atoms with E-state index in [1.165, 1.54) is 16.8 Å². The van der Waals surface area contributed by atoms with Crippen molar-refractivity contribution in [2.75, 3.05) is 0 Å². The molecule has 0 aliphatic heterocycles. The number of benzene rings is 2. The van der Waals surface area contributed by atoms with Crippen LogP contribution in [0.4, 0.5) is 0 Å². The number of nitrogens with zero attached hydrogens (tertiary/aromatic N) is 1. The van der Waals surface area contributed by atoms with Gasteiger partial charge in [-0.25, -0.2) is 0 Å². The van der Waals surface area contributed by atoms with Crippen molar-refractivity contribution in [3.05, 3.63) is 77.0 Å². The van der Waals surface area contributed by atoms with Crippen molar-refractivity contribution >= 4 is 5.78 Å². The molecule has 1 heterocycles. The molecule has 3 rings (SSSR count). The molecule has 0 amide bonds. The average molecular weight is 331 g/mol. The van der Waals surface area contributed by atoms with Crippen molar-refractivity contribution in [2.24, 2.45) is 0 Å². The topological polar surface area (TPSA) is 22.0 Å². The number of Topliss-reactive ketones (excluding diaryl/α,β-unsaturated/α-hetero) is 1. The van der Waals surface area contributed by atoms with Gasteiger partial charge in [0, 0.05) is 11.3 Å². The summed E-state index contributed by atoms with van der Waals surface area (Å²) in [6.45, 7) is 8.07. The lowest BCUT2D eigenvalue weighted by atomic mass is 10.0. The highest BCUT2D eigenvalue weighted by atomic mass is 16.1. The first kappa shape index (κ1) is 17.2. The molecule has 0 radical (unpaired) electrons. The van der Waals surface area contributed by atoms with Gasteiger partial charge in [-0.1, -0.05) is 62.4 Å². The third-order valence-corrected chi connectivity index (χ3v) is 4.88. The van der Waals surface area contributed by atoms with Gasteiger partial charge in [0.05, 0.1) is 11.4 Å². The minimum Gasteiger partial charge on any atom is -0.313 e. The van der Waals surface area contributed by atoms with Crippen LogP contribution in [0.25, 0.3) is 16.9 Å². The summed E-state index contributed by atoms with van der Waals surface area (Å²) in [5, 5.41) is 0. The van der Waals surface area contributed by atoms with Gasteiger partial charge in [-0.05, 0) is 49.4 Å². The predicted octanol–water partition coefficient (Wildman–Crippen LogP) is 5.78. The highest BCUT2D eigenvalue weighted by Gasteiger charge is 2.20. The van der Waals surface area contributed by atoms with E-state index in [2.05, 4.69) is 55.7 Å². The Balaban J connectivity index is 2.39. The van der Waals surface area contributed by atoms with E-state index in [1.807, 2.05) is 24.3 Å². The van der Waals surface area contributed by atoms with E-state index in [0.717, 1.165) is 35.4 Å². The van der Waals surface area contributed by atoms with Gasteiger partial charge in [-0.15, -0.1) is 0 Å². The van der Waals surface area contributed by atoms with E-state index in [1.54, 1.807) is 6.92 Å². The Kier molecular flexibility index (Phi) is 4.89. The Morgan fingerprint density at radius 3 is 2.04 bits per heavy atom. The second kappa shape index (κ2) is 7.10. The molecule has 0 N–H and O–H groups in total. The molecule has 0 aliphatic rings. The van der Waals surface area contributed by atoms with Crippen LogP contribution in [-0.4, -0.2) is 10.4 Å². The number of hydrogen-bond donors (Lipinski definition) is 0. The lowest BCUT2D eigenvalue weighted by Crippen LogP contribution is -2.07. The number of rotatable bonds is 5. The van der Waals surface area contributed by atoms with Gasteiger partial charge < -0.3 is 4.57 Å². The molecular weight excluding hydrogens is 306 g/mol. The van der Waals surface area contributed by atoms with Gasteiger partial charge in [0.25, 0.3) is 0 Å². The largest absolute Gasteiger partial charge is 0.313 e. The molecule has 0 fully saturated rings. The first-order valence-corrected chi connectivity index (χ1v) is 8.98. The van der Waals surface area contributed by atoms with E-state index < -0.39 is 0 Å². The molecule has 0 aliphatic carbocycles. The van der Waals surface area contributed by atoms with Crippen LogP contribution in [0, 0.1) is 6.92 Å². The number of ketones is 1. The summed E-state index contributed by atoms with van der Waals surface area (Å²) in [7, 11) is 0. The Morgan fingerprint density at radius 1 is 0.920 bits per heavy atom. The van der Waals surface area contributed by atoms with E-state index in [9.17, 15) is 4.79 Å². The molecule has 0 unspecified atom stereocenters. The van der Waals surface area contributed by atoms with Crippen LogP contribution in [0.1, 0.15) is 48.0 Å². The van der Waals surface area contributed by atoms with E-state index in [-0.39, 0.29) is 5.78 Å². The maximum atomic E-state index is 12.2. The molecule has 0 spiro atoms. The number of carbonyl (C=O) groups is 1. The van der Waals surface area contributed by atoms with E-state index in [0.29, 0.717) is 0 Å².